The van der Waals surface area contributed by atoms with Crippen molar-refractivity contribution in [2.45, 2.75) is 80.8 Å². The predicted molar refractivity (Wildman–Crippen MR) is 243 cm³/mol. The molecule has 0 aliphatic heterocycles. The first-order valence-electron chi connectivity index (χ1n) is 21.2. The number of halogens is 4. The van der Waals surface area contributed by atoms with Gasteiger partial charge in [0.05, 0.1) is 48.1 Å². The van der Waals surface area contributed by atoms with Crippen LogP contribution in [0.5, 0.6) is 5.75 Å². The summed E-state index contributed by atoms with van der Waals surface area (Å²) in [6.45, 7) is 13.5. The van der Waals surface area contributed by atoms with Gasteiger partial charge in [-0.2, -0.15) is 0 Å². The Morgan fingerprint density at radius 2 is 1.02 bits per heavy atom. The third-order valence-corrected chi connectivity index (χ3v) is 10.3. The van der Waals surface area contributed by atoms with Crippen LogP contribution in [0.4, 0.5) is 17.6 Å². The molecule has 0 spiro atoms. The number of ether oxygens (including phenoxy) is 4. The van der Waals surface area contributed by atoms with Crippen LogP contribution in [0.15, 0.2) is 121 Å². The molecule has 5 rings (SSSR count). The molecule has 1 heterocycles. The molecule has 0 saturated carbocycles. The van der Waals surface area contributed by atoms with Crippen LogP contribution in [-0.4, -0.2) is 67.6 Å². The minimum atomic E-state index is -2.75. The molecule has 0 saturated heterocycles. The lowest BCUT2D eigenvalue weighted by Crippen LogP contribution is -2.32. The molecule has 0 aliphatic rings. The highest BCUT2D eigenvalue weighted by Gasteiger charge is 2.40. The summed E-state index contributed by atoms with van der Waals surface area (Å²) in [5.74, 6) is -1.89. The zero-order valence-corrected chi connectivity index (χ0v) is 38.6. The van der Waals surface area contributed by atoms with Crippen LogP contribution in [-0.2, 0) is 20.8 Å². The third-order valence-electron chi connectivity index (χ3n) is 10.3. The molecular weight excluding hydrogens is 859 g/mol. The van der Waals surface area contributed by atoms with Gasteiger partial charge in [0.1, 0.15) is 12.4 Å². The average molecular weight is 916 g/mol. The summed E-state index contributed by atoms with van der Waals surface area (Å²) in [4.78, 5) is 62.2. The first-order valence-corrected chi connectivity index (χ1v) is 21.2. The van der Waals surface area contributed by atoms with Gasteiger partial charge in [0.2, 0.25) is 6.43 Å². The van der Waals surface area contributed by atoms with E-state index in [1.165, 1.54) is 45.2 Å². The summed E-state index contributed by atoms with van der Waals surface area (Å²) in [6, 6.07) is 31.4. The molecule has 0 bridgehead atoms. The lowest BCUT2D eigenvalue weighted by molar-refractivity contribution is 0.00871. The minimum Gasteiger partial charge on any atom is -0.487 e. The Balaban J connectivity index is 0.000000283. The summed E-state index contributed by atoms with van der Waals surface area (Å²) < 4.78 is 73.6. The summed E-state index contributed by atoms with van der Waals surface area (Å²) in [6.07, 6.45) is -3.59. The molecule has 352 valence electrons. The molecule has 0 radical (unpaired) electrons. The smallest absolute Gasteiger partial charge is 0.338 e. The van der Waals surface area contributed by atoms with Crippen molar-refractivity contribution >= 4 is 29.5 Å². The van der Waals surface area contributed by atoms with Gasteiger partial charge in [-0.15, -0.1) is 0 Å². The number of nitrogens with zero attached hydrogens (tertiary/aromatic N) is 1. The van der Waals surface area contributed by atoms with E-state index in [1.54, 1.807) is 107 Å². The summed E-state index contributed by atoms with van der Waals surface area (Å²) in [5.41, 5.74) is 1.07. The second-order valence-corrected chi connectivity index (χ2v) is 16.3. The van der Waals surface area contributed by atoms with Crippen molar-refractivity contribution in [1.82, 2.24) is 4.98 Å². The SMILES string of the molecule is CCOC(=O)c1ccc(C(=O)C(C)(C)C(F)F)cc1.CCOC(=O)c1ccc(C(=O)C(C)C)cc1.COC(=O)c1ccc(C(c2ccc(OCc3ccccn3)cc2)C(C)(C)C(F)F)cc1. The molecule has 0 aliphatic carbocycles. The van der Waals surface area contributed by atoms with Crippen LogP contribution in [0.25, 0.3) is 0 Å². The number of pyridine rings is 1. The number of carbonyl (C=O) groups excluding carboxylic acids is 5. The highest BCUT2D eigenvalue weighted by molar-refractivity contribution is 6.01. The number of esters is 3. The highest BCUT2D eigenvalue weighted by atomic mass is 19.3. The molecule has 0 fully saturated rings. The fourth-order valence-electron chi connectivity index (χ4n) is 6.27. The zero-order valence-electron chi connectivity index (χ0n) is 38.6. The molecule has 10 nitrogen and oxygen atoms in total. The van der Waals surface area contributed by atoms with Crippen LogP contribution < -0.4 is 4.74 Å². The van der Waals surface area contributed by atoms with Gasteiger partial charge in [-0.3, -0.25) is 14.6 Å². The van der Waals surface area contributed by atoms with Crippen LogP contribution in [0.2, 0.25) is 0 Å². The van der Waals surface area contributed by atoms with Crippen LogP contribution in [0, 0.1) is 16.7 Å². The van der Waals surface area contributed by atoms with Gasteiger partial charge in [-0.25, -0.2) is 31.9 Å². The summed E-state index contributed by atoms with van der Waals surface area (Å²) >= 11 is 0. The van der Waals surface area contributed by atoms with Crippen molar-refractivity contribution in [3.05, 3.63) is 166 Å². The maximum Gasteiger partial charge on any atom is 0.338 e. The quantitative estimate of drug-likeness (QED) is 0.0384. The number of benzene rings is 4. The number of aromatic nitrogens is 1. The Bertz CT molecular complexity index is 2330. The van der Waals surface area contributed by atoms with E-state index in [0.29, 0.717) is 41.2 Å². The van der Waals surface area contributed by atoms with Crippen LogP contribution in [0.3, 0.4) is 0 Å². The molecular formula is C52H57F4NO9. The number of methoxy groups -OCH3 is 1. The van der Waals surface area contributed by atoms with Crippen molar-refractivity contribution in [2.75, 3.05) is 20.3 Å². The Morgan fingerprint density at radius 1 is 0.576 bits per heavy atom. The number of alkyl halides is 4. The van der Waals surface area contributed by atoms with Gasteiger partial charge in [-0.1, -0.05) is 82.3 Å². The van der Waals surface area contributed by atoms with E-state index < -0.39 is 47.3 Å². The minimum absolute atomic E-state index is 0.0338. The van der Waals surface area contributed by atoms with Gasteiger partial charge in [0, 0.05) is 34.6 Å². The fraction of sp³-hybridized carbons (Fsp3) is 0.346. The van der Waals surface area contributed by atoms with E-state index in [9.17, 15) is 41.5 Å². The largest absolute Gasteiger partial charge is 0.487 e. The number of carbonyl (C=O) groups is 5. The molecule has 0 amide bonds. The Kier molecular flexibility index (Phi) is 20.4. The number of hydrogen-bond acceptors (Lipinski definition) is 10. The Hall–Kier alpha value is -6.70. The fourth-order valence-corrected chi connectivity index (χ4v) is 6.27. The van der Waals surface area contributed by atoms with Crippen molar-refractivity contribution in [3.8, 4) is 5.75 Å². The second kappa shape index (κ2) is 25.1. The van der Waals surface area contributed by atoms with Gasteiger partial charge in [-0.05, 0) is 99.5 Å². The molecule has 1 unspecified atom stereocenters. The molecule has 14 heteroatoms. The lowest BCUT2D eigenvalue weighted by Gasteiger charge is -2.34. The molecule has 0 N–H and O–H groups in total. The Morgan fingerprint density at radius 3 is 1.42 bits per heavy atom. The zero-order chi connectivity index (χ0) is 49.2. The van der Waals surface area contributed by atoms with Gasteiger partial charge in [0.15, 0.2) is 11.6 Å². The van der Waals surface area contributed by atoms with Crippen molar-refractivity contribution in [2.24, 2.45) is 16.7 Å². The van der Waals surface area contributed by atoms with Crippen LogP contribution in [0.1, 0.15) is 130 Å². The molecule has 1 atom stereocenters. The predicted octanol–water partition coefficient (Wildman–Crippen LogP) is 11.9. The van der Waals surface area contributed by atoms with E-state index in [1.807, 2.05) is 32.0 Å². The molecule has 66 heavy (non-hydrogen) atoms. The third kappa shape index (κ3) is 14.9. The summed E-state index contributed by atoms with van der Waals surface area (Å²) in [7, 11) is 1.30. The average Bonchev–Trinajstić information content (AvgIpc) is 3.31. The van der Waals surface area contributed by atoms with Gasteiger partial charge in [0.25, 0.3) is 6.43 Å². The molecule has 5 aromatic rings. The van der Waals surface area contributed by atoms with E-state index in [0.717, 1.165) is 11.3 Å². The van der Waals surface area contributed by atoms with Gasteiger partial charge >= 0.3 is 17.9 Å². The number of hydrogen-bond donors (Lipinski definition) is 0. The van der Waals surface area contributed by atoms with E-state index in [-0.39, 0.29) is 35.4 Å². The van der Waals surface area contributed by atoms with Crippen molar-refractivity contribution < 1.29 is 60.5 Å². The number of Topliss-reactive ketones (excluding diaryl/α,β-unsaturated/α-hetero) is 2. The molecule has 4 aromatic carbocycles. The van der Waals surface area contributed by atoms with E-state index >= 15 is 0 Å². The van der Waals surface area contributed by atoms with Crippen molar-refractivity contribution in [3.63, 3.8) is 0 Å². The maximum absolute atomic E-state index is 14.0. The molecule has 1 aromatic heterocycles. The van der Waals surface area contributed by atoms with Crippen LogP contribution >= 0.6 is 0 Å². The topological polar surface area (TPSA) is 135 Å². The van der Waals surface area contributed by atoms with E-state index in [2.05, 4.69) is 4.98 Å². The normalized spacial score (nSPS) is 11.6. The first-order chi connectivity index (χ1) is 31.2. The highest BCUT2D eigenvalue weighted by Crippen LogP contribution is 2.45. The van der Waals surface area contributed by atoms with Gasteiger partial charge < -0.3 is 18.9 Å². The second-order valence-electron chi connectivity index (χ2n) is 16.3. The van der Waals surface area contributed by atoms with Crippen molar-refractivity contribution in [1.29, 1.82) is 0 Å². The standard InChI is InChI=1S/C25H25F2NO3.C14H16F2O3.C13H16O3/c1-25(2,24(26)27)22(17-7-9-19(10-8-17)23(29)30-3)18-11-13-21(14-12-18)31-16-20-6-4-5-15-28-20;1-4-19-12(18)10-7-5-9(6-8-10)11(17)14(2,3)13(15)16;1-4-16-13(15)11-7-5-10(6-8-11)12(14)9(2)3/h4-15,22,24H,16H2,1-3H3;5-8,13H,4H2,1-3H3;5-9H,4H2,1-3H3. The maximum atomic E-state index is 14.0. The number of ketones is 2. The monoisotopic (exact) mass is 915 g/mol. The summed E-state index contributed by atoms with van der Waals surface area (Å²) in [5, 5.41) is 0. The number of rotatable bonds is 17. The Labute approximate surface area is 383 Å². The first kappa shape index (κ1) is 53.6. The lowest BCUT2D eigenvalue weighted by atomic mass is 9.71. The van der Waals surface area contributed by atoms with E-state index in [4.69, 9.17) is 18.9 Å².